The zero-order valence-corrected chi connectivity index (χ0v) is 17.8. The highest BCUT2D eigenvalue weighted by atomic mass is 16.5. The molecule has 0 radical (unpaired) electrons. The zero-order valence-electron chi connectivity index (χ0n) is 17.8. The third-order valence-corrected chi connectivity index (χ3v) is 5.73. The number of rotatable bonds is 5. The van der Waals surface area contributed by atoms with Crippen molar-refractivity contribution in [1.29, 1.82) is 0 Å². The maximum Gasteiger partial charge on any atom is 0.265 e. The van der Waals surface area contributed by atoms with Crippen LogP contribution in [0.4, 0.5) is 5.69 Å². The Morgan fingerprint density at radius 2 is 1.55 bits per heavy atom. The number of benzene rings is 3. The molecule has 0 saturated carbocycles. The van der Waals surface area contributed by atoms with E-state index >= 15 is 0 Å². The number of carbonyl (C=O) groups is 2. The molecular weight excluding hydrogens is 388 g/mol. The highest BCUT2D eigenvalue weighted by Gasteiger charge is 2.22. The first-order valence-corrected chi connectivity index (χ1v) is 11.0. The Bertz CT molecular complexity index is 1070. The lowest BCUT2D eigenvalue weighted by Gasteiger charge is -2.22. The standard InChI is InChI=1S/C26H28N2O3/c1-19(31-24-16-10-12-20-11-4-5-13-21(20)24)25(29)27-23-15-7-6-14-22(23)26(30)28-17-8-2-3-9-18-28/h4-7,10-16,19H,2-3,8-9,17-18H2,1H3,(H,27,29)/t19-/m1/s1. The molecule has 160 valence electrons. The molecule has 1 fully saturated rings. The van der Waals surface area contributed by atoms with E-state index in [1.54, 1.807) is 19.1 Å². The first-order valence-electron chi connectivity index (χ1n) is 11.0. The van der Waals surface area contributed by atoms with Crippen LogP contribution in [0.1, 0.15) is 43.0 Å². The van der Waals surface area contributed by atoms with E-state index < -0.39 is 6.10 Å². The van der Waals surface area contributed by atoms with Crippen LogP contribution in [0.15, 0.2) is 66.7 Å². The Hall–Kier alpha value is -3.34. The van der Waals surface area contributed by atoms with E-state index in [4.69, 9.17) is 4.74 Å². The minimum atomic E-state index is -0.716. The average molecular weight is 417 g/mol. The Labute approximate surface area is 183 Å². The monoisotopic (exact) mass is 416 g/mol. The number of fused-ring (bicyclic) bond motifs is 1. The molecule has 1 heterocycles. The molecule has 3 aromatic rings. The Morgan fingerprint density at radius 1 is 0.871 bits per heavy atom. The van der Waals surface area contributed by atoms with Crippen molar-refractivity contribution in [3.63, 3.8) is 0 Å². The van der Waals surface area contributed by atoms with Gasteiger partial charge in [-0.3, -0.25) is 9.59 Å². The van der Waals surface area contributed by atoms with Crippen LogP contribution in [0.3, 0.4) is 0 Å². The fourth-order valence-electron chi connectivity index (χ4n) is 4.00. The largest absolute Gasteiger partial charge is 0.480 e. The minimum absolute atomic E-state index is 0.0274. The molecule has 31 heavy (non-hydrogen) atoms. The number of carbonyl (C=O) groups excluding carboxylic acids is 2. The van der Waals surface area contributed by atoms with Gasteiger partial charge in [0.1, 0.15) is 5.75 Å². The summed E-state index contributed by atoms with van der Waals surface area (Å²) in [4.78, 5) is 27.9. The zero-order chi connectivity index (χ0) is 21.6. The third-order valence-electron chi connectivity index (χ3n) is 5.73. The van der Waals surface area contributed by atoms with Crippen molar-refractivity contribution in [1.82, 2.24) is 4.90 Å². The maximum absolute atomic E-state index is 13.1. The lowest BCUT2D eigenvalue weighted by molar-refractivity contribution is -0.122. The van der Waals surface area contributed by atoms with E-state index in [0.717, 1.165) is 49.5 Å². The van der Waals surface area contributed by atoms with Crippen LogP contribution < -0.4 is 10.1 Å². The van der Waals surface area contributed by atoms with Crippen molar-refractivity contribution in [3.8, 4) is 5.75 Å². The van der Waals surface area contributed by atoms with Crippen molar-refractivity contribution < 1.29 is 14.3 Å². The van der Waals surface area contributed by atoms with Gasteiger partial charge in [-0.15, -0.1) is 0 Å². The molecule has 2 amide bonds. The lowest BCUT2D eigenvalue weighted by Crippen LogP contribution is -2.34. The maximum atomic E-state index is 13.1. The predicted octanol–water partition coefficient (Wildman–Crippen LogP) is 5.26. The molecule has 3 aromatic carbocycles. The SMILES string of the molecule is C[C@@H](Oc1cccc2ccccc12)C(=O)Nc1ccccc1C(=O)N1CCCCCC1. The molecule has 0 unspecified atom stereocenters. The van der Waals surface area contributed by atoms with Crippen LogP contribution in [0.25, 0.3) is 10.8 Å². The number of nitrogens with one attached hydrogen (secondary N) is 1. The van der Waals surface area contributed by atoms with Gasteiger partial charge < -0.3 is 15.0 Å². The summed E-state index contributed by atoms with van der Waals surface area (Å²) in [6.07, 6.45) is 3.65. The second-order valence-electron chi connectivity index (χ2n) is 7.98. The smallest absolute Gasteiger partial charge is 0.265 e. The van der Waals surface area contributed by atoms with Gasteiger partial charge in [-0.05, 0) is 43.4 Å². The predicted molar refractivity (Wildman–Crippen MR) is 123 cm³/mol. The highest BCUT2D eigenvalue weighted by Crippen LogP contribution is 2.26. The van der Waals surface area contributed by atoms with Gasteiger partial charge >= 0.3 is 0 Å². The summed E-state index contributed by atoms with van der Waals surface area (Å²) in [5, 5.41) is 4.92. The summed E-state index contributed by atoms with van der Waals surface area (Å²) < 4.78 is 5.99. The number of para-hydroxylation sites is 1. The number of likely N-dealkylation sites (tertiary alicyclic amines) is 1. The van der Waals surface area contributed by atoms with Gasteiger partial charge in [-0.25, -0.2) is 0 Å². The Kier molecular flexibility index (Phi) is 6.51. The normalized spacial score (nSPS) is 15.2. The van der Waals surface area contributed by atoms with Crippen LogP contribution in [-0.4, -0.2) is 35.9 Å². The molecule has 5 heteroatoms. The van der Waals surface area contributed by atoms with E-state index in [1.807, 2.05) is 59.5 Å². The molecule has 0 bridgehead atoms. The quantitative estimate of drug-likeness (QED) is 0.617. The molecule has 0 spiro atoms. The molecule has 1 aliphatic heterocycles. The third kappa shape index (κ3) is 4.88. The van der Waals surface area contributed by atoms with E-state index in [-0.39, 0.29) is 11.8 Å². The topological polar surface area (TPSA) is 58.6 Å². The first kappa shape index (κ1) is 20.9. The van der Waals surface area contributed by atoms with E-state index in [1.165, 1.54) is 0 Å². The molecule has 1 aliphatic rings. The average Bonchev–Trinajstić information content (AvgIpc) is 3.09. The first-order chi connectivity index (χ1) is 15.1. The molecular formula is C26H28N2O3. The Balaban J connectivity index is 1.49. The van der Waals surface area contributed by atoms with Gasteiger partial charge in [-0.2, -0.15) is 0 Å². The van der Waals surface area contributed by atoms with Crippen molar-refractivity contribution in [2.45, 2.75) is 38.7 Å². The van der Waals surface area contributed by atoms with E-state index in [2.05, 4.69) is 5.32 Å². The number of anilines is 1. The Morgan fingerprint density at radius 3 is 2.35 bits per heavy atom. The molecule has 5 nitrogen and oxygen atoms in total. The lowest BCUT2D eigenvalue weighted by atomic mass is 10.1. The van der Waals surface area contributed by atoms with Crippen LogP contribution in [-0.2, 0) is 4.79 Å². The highest BCUT2D eigenvalue weighted by molar-refractivity contribution is 6.04. The van der Waals surface area contributed by atoms with Gasteiger partial charge in [0, 0.05) is 18.5 Å². The summed E-state index contributed by atoms with van der Waals surface area (Å²) in [7, 11) is 0. The van der Waals surface area contributed by atoms with E-state index in [0.29, 0.717) is 17.0 Å². The molecule has 0 aromatic heterocycles. The van der Waals surface area contributed by atoms with Crippen molar-refractivity contribution in [2.24, 2.45) is 0 Å². The fraction of sp³-hybridized carbons (Fsp3) is 0.308. The number of ether oxygens (including phenoxy) is 1. The molecule has 1 saturated heterocycles. The van der Waals surface area contributed by atoms with E-state index in [9.17, 15) is 9.59 Å². The van der Waals surface area contributed by atoms with Crippen LogP contribution in [0, 0.1) is 0 Å². The van der Waals surface area contributed by atoms with Crippen LogP contribution >= 0.6 is 0 Å². The summed E-state index contributed by atoms with van der Waals surface area (Å²) in [5.41, 5.74) is 1.05. The number of nitrogens with zero attached hydrogens (tertiary/aromatic N) is 1. The number of hydrogen-bond acceptors (Lipinski definition) is 3. The van der Waals surface area contributed by atoms with Crippen molar-refractivity contribution in [3.05, 3.63) is 72.3 Å². The van der Waals surface area contributed by atoms with Gasteiger partial charge in [0.2, 0.25) is 0 Å². The van der Waals surface area contributed by atoms with Crippen molar-refractivity contribution in [2.75, 3.05) is 18.4 Å². The number of hydrogen-bond donors (Lipinski definition) is 1. The summed E-state index contributed by atoms with van der Waals surface area (Å²) in [6, 6.07) is 20.9. The van der Waals surface area contributed by atoms with Crippen LogP contribution in [0.2, 0.25) is 0 Å². The molecule has 1 atom stereocenters. The minimum Gasteiger partial charge on any atom is -0.480 e. The molecule has 4 rings (SSSR count). The van der Waals surface area contributed by atoms with Gasteiger partial charge in [0.15, 0.2) is 6.10 Å². The fourth-order valence-corrected chi connectivity index (χ4v) is 4.00. The van der Waals surface area contributed by atoms with Gasteiger partial charge in [0.25, 0.3) is 11.8 Å². The second kappa shape index (κ2) is 9.65. The second-order valence-corrected chi connectivity index (χ2v) is 7.98. The van der Waals surface area contributed by atoms with Crippen molar-refractivity contribution >= 4 is 28.3 Å². The summed E-state index contributed by atoms with van der Waals surface area (Å²) in [6.45, 7) is 3.25. The van der Waals surface area contributed by atoms with Gasteiger partial charge in [-0.1, -0.05) is 61.4 Å². The van der Waals surface area contributed by atoms with Crippen LogP contribution in [0.5, 0.6) is 5.75 Å². The summed E-state index contributed by atoms with van der Waals surface area (Å²) >= 11 is 0. The summed E-state index contributed by atoms with van der Waals surface area (Å²) in [5.74, 6) is 0.346. The van der Waals surface area contributed by atoms with Gasteiger partial charge in [0.05, 0.1) is 11.3 Å². The molecule has 0 aliphatic carbocycles. The number of amides is 2. The molecule has 1 N–H and O–H groups in total.